The Labute approximate surface area is 191 Å². The number of benzene rings is 2. The van der Waals surface area contributed by atoms with E-state index in [0.717, 1.165) is 37.5 Å². The number of carbonyl (C=O) groups excluding carboxylic acids is 1. The van der Waals surface area contributed by atoms with Crippen molar-refractivity contribution >= 4 is 16.7 Å². The van der Waals surface area contributed by atoms with Gasteiger partial charge in [-0.1, -0.05) is 0 Å². The Balaban J connectivity index is 1.35. The minimum Gasteiger partial charge on any atom is -0.381 e. The second-order valence-electron chi connectivity index (χ2n) is 9.70. The van der Waals surface area contributed by atoms with Gasteiger partial charge < -0.3 is 9.72 Å². The van der Waals surface area contributed by atoms with E-state index in [1.54, 1.807) is 12.1 Å². The van der Waals surface area contributed by atoms with Gasteiger partial charge in [0.05, 0.1) is 17.8 Å². The largest absolute Gasteiger partial charge is 0.381 e. The zero-order chi connectivity index (χ0) is 23.2. The number of nitrogens with one attached hydrogen (secondary N) is 1. The van der Waals surface area contributed by atoms with Gasteiger partial charge in [-0.25, -0.2) is 13.2 Å². The summed E-state index contributed by atoms with van der Waals surface area (Å²) in [7, 11) is 0. The van der Waals surface area contributed by atoms with Crippen molar-refractivity contribution in [2.45, 2.75) is 51.4 Å². The molecular weight excluding hydrogens is 427 g/mol. The van der Waals surface area contributed by atoms with Gasteiger partial charge in [0.15, 0.2) is 0 Å². The summed E-state index contributed by atoms with van der Waals surface area (Å²) < 4.78 is 47.6. The van der Waals surface area contributed by atoms with Crippen molar-refractivity contribution in [3.8, 4) is 11.3 Å². The molecule has 0 saturated heterocycles. The molecule has 1 N–H and O–H groups in total. The number of carbonyl (C=O) groups is 1. The third-order valence-electron chi connectivity index (χ3n) is 7.47. The number of aromatic nitrogens is 1. The van der Waals surface area contributed by atoms with Crippen LogP contribution in [0.2, 0.25) is 0 Å². The Morgan fingerprint density at radius 2 is 1.82 bits per heavy atom. The van der Waals surface area contributed by atoms with E-state index in [1.807, 2.05) is 6.92 Å². The van der Waals surface area contributed by atoms with Crippen LogP contribution < -0.4 is 0 Å². The van der Waals surface area contributed by atoms with Gasteiger partial charge >= 0.3 is 0 Å². The van der Waals surface area contributed by atoms with E-state index in [4.69, 9.17) is 4.74 Å². The van der Waals surface area contributed by atoms with Crippen LogP contribution in [0.1, 0.15) is 56.9 Å². The van der Waals surface area contributed by atoms with Crippen LogP contribution in [0, 0.1) is 28.8 Å². The fraction of sp³-hybridized carbons (Fsp3) is 0.444. The van der Waals surface area contributed by atoms with Gasteiger partial charge in [-0.05, 0) is 91.8 Å². The summed E-state index contributed by atoms with van der Waals surface area (Å²) in [5, 5.41) is 0.497. The molecule has 0 unspecified atom stereocenters. The summed E-state index contributed by atoms with van der Waals surface area (Å²) in [6.45, 7) is 3.41. The third-order valence-corrected chi connectivity index (χ3v) is 7.47. The summed E-state index contributed by atoms with van der Waals surface area (Å²) in [6, 6.07) is 8.17. The van der Waals surface area contributed by atoms with Crippen molar-refractivity contribution in [2.24, 2.45) is 11.3 Å². The van der Waals surface area contributed by atoms with Gasteiger partial charge in [0.25, 0.3) is 0 Å². The van der Waals surface area contributed by atoms with Crippen molar-refractivity contribution in [3.63, 3.8) is 0 Å². The molecule has 2 aliphatic rings. The van der Waals surface area contributed by atoms with Crippen molar-refractivity contribution in [1.82, 2.24) is 4.98 Å². The molecule has 2 fully saturated rings. The maximum absolute atomic E-state index is 14.5. The van der Waals surface area contributed by atoms with Gasteiger partial charge in [0.2, 0.25) is 0 Å². The van der Waals surface area contributed by atoms with Crippen LogP contribution in [0.5, 0.6) is 0 Å². The number of aromatic amines is 1. The first-order valence-corrected chi connectivity index (χ1v) is 11.8. The maximum Gasteiger partial charge on any atom is 0.150 e. The van der Waals surface area contributed by atoms with E-state index in [-0.39, 0.29) is 34.4 Å². The van der Waals surface area contributed by atoms with E-state index in [2.05, 4.69) is 4.98 Å². The molecule has 0 amide bonds. The number of Topliss-reactive ketones (excluding diaryl/α,β-unsaturated/α-hetero) is 1. The summed E-state index contributed by atoms with van der Waals surface area (Å²) in [6.07, 6.45) is 5.01. The Morgan fingerprint density at radius 3 is 2.48 bits per heavy atom. The Hall–Kier alpha value is -2.60. The van der Waals surface area contributed by atoms with Gasteiger partial charge in [-0.3, -0.25) is 4.79 Å². The molecule has 2 aromatic carbocycles. The van der Waals surface area contributed by atoms with Crippen molar-refractivity contribution in [3.05, 3.63) is 59.4 Å². The lowest BCUT2D eigenvalue weighted by Gasteiger charge is -2.35. The van der Waals surface area contributed by atoms with Crippen LogP contribution in [0.3, 0.4) is 0 Å². The molecule has 0 bridgehead atoms. The number of H-pyrrole nitrogens is 1. The molecule has 3 nitrogen and oxygen atoms in total. The minimum absolute atomic E-state index is 0.0206. The van der Waals surface area contributed by atoms with E-state index < -0.39 is 11.6 Å². The lowest BCUT2D eigenvalue weighted by molar-refractivity contribution is -0.126. The molecule has 2 saturated carbocycles. The average molecular weight is 456 g/mol. The highest BCUT2D eigenvalue weighted by Crippen LogP contribution is 2.52. The molecule has 6 heteroatoms. The molecule has 0 aliphatic heterocycles. The molecule has 2 aliphatic carbocycles. The fourth-order valence-corrected chi connectivity index (χ4v) is 5.18. The molecule has 33 heavy (non-hydrogen) atoms. The van der Waals surface area contributed by atoms with Crippen LogP contribution in [-0.4, -0.2) is 24.0 Å². The molecule has 0 spiro atoms. The standard InChI is InChI=1S/C27H28F3NO2/c1-2-33-15-27(9-10-27)8-7-23(32)17-11-18(12-17)24-21-13-20(29)14-22(30)26(21)31-25(24)16-3-5-19(28)6-4-16/h3-6,13-14,17-18,31H,2,7-12,15H2,1H3. The van der Waals surface area contributed by atoms with Gasteiger partial charge in [0.1, 0.15) is 23.2 Å². The fourth-order valence-electron chi connectivity index (χ4n) is 5.18. The van der Waals surface area contributed by atoms with Crippen molar-refractivity contribution in [2.75, 3.05) is 13.2 Å². The molecule has 5 rings (SSSR count). The van der Waals surface area contributed by atoms with Crippen LogP contribution >= 0.6 is 0 Å². The second kappa shape index (κ2) is 8.64. The lowest BCUT2D eigenvalue weighted by atomic mass is 9.68. The topological polar surface area (TPSA) is 42.1 Å². The molecule has 1 aromatic heterocycles. The molecule has 3 aromatic rings. The zero-order valence-electron chi connectivity index (χ0n) is 18.7. The molecule has 1 heterocycles. The molecule has 0 radical (unpaired) electrons. The lowest BCUT2D eigenvalue weighted by Crippen LogP contribution is -2.30. The number of halogens is 3. The quantitative estimate of drug-likeness (QED) is 0.381. The highest BCUT2D eigenvalue weighted by Gasteiger charge is 2.44. The summed E-state index contributed by atoms with van der Waals surface area (Å²) >= 11 is 0. The first-order chi connectivity index (χ1) is 15.9. The van der Waals surface area contributed by atoms with Crippen LogP contribution in [0.4, 0.5) is 13.2 Å². The van der Waals surface area contributed by atoms with E-state index in [1.165, 1.54) is 18.2 Å². The number of ketones is 1. The second-order valence-corrected chi connectivity index (χ2v) is 9.70. The van der Waals surface area contributed by atoms with Crippen LogP contribution in [0.15, 0.2) is 36.4 Å². The Kier molecular flexibility index (Phi) is 5.81. The molecule has 174 valence electrons. The summed E-state index contributed by atoms with van der Waals surface area (Å²) in [5.74, 6) is -1.39. The predicted octanol–water partition coefficient (Wildman–Crippen LogP) is 6.91. The number of ether oxygens (including phenoxy) is 1. The third kappa shape index (κ3) is 4.33. The van der Waals surface area contributed by atoms with Crippen LogP contribution in [0.25, 0.3) is 22.2 Å². The Morgan fingerprint density at radius 1 is 1.09 bits per heavy atom. The van der Waals surface area contributed by atoms with Crippen molar-refractivity contribution < 1.29 is 22.7 Å². The normalized spacial score (nSPS) is 21.2. The van der Waals surface area contributed by atoms with Gasteiger partial charge in [0, 0.05) is 30.4 Å². The number of fused-ring (bicyclic) bond motifs is 1. The van der Waals surface area contributed by atoms with Gasteiger partial charge in [-0.2, -0.15) is 0 Å². The highest BCUT2D eigenvalue weighted by molar-refractivity contribution is 5.92. The van der Waals surface area contributed by atoms with Gasteiger partial charge in [-0.15, -0.1) is 0 Å². The number of hydrogen-bond acceptors (Lipinski definition) is 2. The number of hydrogen-bond donors (Lipinski definition) is 1. The molecule has 0 atom stereocenters. The van der Waals surface area contributed by atoms with Crippen molar-refractivity contribution in [1.29, 1.82) is 0 Å². The molecular formula is C27H28F3NO2. The first kappa shape index (κ1) is 22.2. The number of rotatable bonds is 9. The summed E-state index contributed by atoms with van der Waals surface area (Å²) in [5.41, 5.74) is 2.63. The van der Waals surface area contributed by atoms with E-state index in [0.29, 0.717) is 42.5 Å². The zero-order valence-corrected chi connectivity index (χ0v) is 18.7. The predicted molar refractivity (Wildman–Crippen MR) is 121 cm³/mol. The van der Waals surface area contributed by atoms with E-state index in [9.17, 15) is 18.0 Å². The SMILES string of the molecule is CCOCC1(CCC(=O)C2CC(c3c(-c4ccc(F)cc4)[nH]c4c(F)cc(F)cc34)C2)CC1. The monoisotopic (exact) mass is 455 g/mol. The Bertz CT molecular complexity index is 1170. The minimum atomic E-state index is -0.657. The maximum atomic E-state index is 14.5. The summed E-state index contributed by atoms with van der Waals surface area (Å²) in [4.78, 5) is 15.9. The van der Waals surface area contributed by atoms with Crippen LogP contribution in [-0.2, 0) is 9.53 Å². The van der Waals surface area contributed by atoms with E-state index >= 15 is 0 Å². The average Bonchev–Trinajstić information content (AvgIpc) is 3.44. The highest BCUT2D eigenvalue weighted by atomic mass is 19.1. The first-order valence-electron chi connectivity index (χ1n) is 11.8. The smallest absolute Gasteiger partial charge is 0.150 e.